The molecule has 0 unspecified atom stereocenters. The van der Waals surface area contributed by atoms with E-state index in [0.717, 1.165) is 31.9 Å². The zero-order valence-corrected chi connectivity index (χ0v) is 14.7. The second kappa shape index (κ2) is 7.32. The highest BCUT2D eigenvalue weighted by Crippen LogP contribution is 2.18. The zero-order chi connectivity index (χ0) is 17.0. The van der Waals surface area contributed by atoms with Crippen molar-refractivity contribution in [1.82, 2.24) is 10.2 Å². The molecule has 2 N–H and O–H groups in total. The van der Waals surface area contributed by atoms with E-state index in [9.17, 15) is 9.90 Å². The summed E-state index contributed by atoms with van der Waals surface area (Å²) in [5, 5.41) is 12.1. The molecule has 23 heavy (non-hydrogen) atoms. The summed E-state index contributed by atoms with van der Waals surface area (Å²) in [5.74, 6) is -0.153. The first-order valence-electron chi connectivity index (χ1n) is 8.35. The van der Waals surface area contributed by atoms with Crippen LogP contribution in [0.25, 0.3) is 0 Å². The minimum atomic E-state index is -0.608. The zero-order valence-electron chi connectivity index (χ0n) is 14.7. The lowest BCUT2D eigenvalue weighted by atomic mass is 10.1. The van der Waals surface area contributed by atoms with Gasteiger partial charge in [0.25, 0.3) is 5.91 Å². The Morgan fingerprint density at radius 3 is 2.22 bits per heavy atom. The van der Waals surface area contributed by atoms with Gasteiger partial charge in [-0.2, -0.15) is 0 Å². The smallest absolute Gasteiger partial charge is 0.251 e. The first-order chi connectivity index (χ1) is 10.8. The maximum atomic E-state index is 12.2. The molecule has 0 aliphatic carbocycles. The average molecular weight is 319 g/mol. The van der Waals surface area contributed by atoms with Crippen molar-refractivity contribution in [3.63, 3.8) is 0 Å². The maximum Gasteiger partial charge on any atom is 0.251 e. The Morgan fingerprint density at radius 2 is 1.74 bits per heavy atom. The highest BCUT2D eigenvalue weighted by Gasteiger charge is 2.21. The first-order valence-corrected chi connectivity index (χ1v) is 8.35. The van der Waals surface area contributed by atoms with E-state index in [4.69, 9.17) is 0 Å². The van der Waals surface area contributed by atoms with E-state index in [1.54, 1.807) is 13.8 Å². The van der Waals surface area contributed by atoms with E-state index in [-0.39, 0.29) is 12.5 Å². The molecule has 1 amide bonds. The van der Waals surface area contributed by atoms with Crippen molar-refractivity contribution in [2.45, 2.75) is 39.3 Å². The van der Waals surface area contributed by atoms with Crippen LogP contribution >= 0.6 is 0 Å². The highest BCUT2D eigenvalue weighted by molar-refractivity contribution is 5.95. The molecule has 0 saturated carbocycles. The molecule has 1 saturated heterocycles. The van der Waals surface area contributed by atoms with Crippen molar-refractivity contribution < 1.29 is 9.90 Å². The van der Waals surface area contributed by atoms with Crippen molar-refractivity contribution in [3.8, 4) is 0 Å². The maximum absolute atomic E-state index is 12.2. The van der Waals surface area contributed by atoms with Crippen molar-refractivity contribution in [1.29, 1.82) is 0 Å². The van der Waals surface area contributed by atoms with Crippen LogP contribution in [0.3, 0.4) is 0 Å². The van der Waals surface area contributed by atoms with Crippen LogP contribution in [0.4, 0.5) is 5.69 Å². The molecule has 128 valence electrons. The Labute approximate surface area is 139 Å². The number of carbonyl (C=O) groups excluding carboxylic acids is 1. The summed E-state index contributed by atoms with van der Waals surface area (Å²) < 4.78 is 0. The predicted octanol–water partition coefficient (Wildman–Crippen LogP) is 1.72. The molecule has 5 heteroatoms. The van der Waals surface area contributed by atoms with Crippen molar-refractivity contribution in [2.24, 2.45) is 0 Å². The SMILES string of the molecule is CC(C)N1CCN(c2ccc(C(=O)NC(C)(C)CO)cc2)CC1. The van der Waals surface area contributed by atoms with Crippen LogP contribution in [0.5, 0.6) is 0 Å². The summed E-state index contributed by atoms with van der Waals surface area (Å²) in [6.07, 6.45) is 0. The Balaban J connectivity index is 1.96. The van der Waals surface area contributed by atoms with Crippen LogP contribution < -0.4 is 10.2 Å². The lowest BCUT2D eigenvalue weighted by molar-refractivity contribution is 0.0869. The fourth-order valence-electron chi connectivity index (χ4n) is 2.74. The van der Waals surface area contributed by atoms with Gasteiger partial charge >= 0.3 is 0 Å². The van der Waals surface area contributed by atoms with Gasteiger partial charge in [-0.1, -0.05) is 0 Å². The number of aliphatic hydroxyl groups is 1. The molecule has 1 fully saturated rings. The summed E-state index contributed by atoms with van der Waals surface area (Å²) in [5.41, 5.74) is 1.17. The Hall–Kier alpha value is -1.59. The van der Waals surface area contributed by atoms with Crippen molar-refractivity contribution in [2.75, 3.05) is 37.7 Å². The van der Waals surface area contributed by atoms with E-state index < -0.39 is 5.54 Å². The first kappa shape index (κ1) is 17.8. The largest absolute Gasteiger partial charge is 0.394 e. The Morgan fingerprint density at radius 1 is 1.17 bits per heavy atom. The second-order valence-corrected chi connectivity index (χ2v) is 7.16. The summed E-state index contributed by atoms with van der Waals surface area (Å²) >= 11 is 0. The van der Waals surface area contributed by atoms with Gasteiger partial charge in [0.05, 0.1) is 12.1 Å². The summed E-state index contributed by atoms with van der Waals surface area (Å²) in [4.78, 5) is 17.0. The van der Waals surface area contributed by atoms with Gasteiger partial charge in [-0.05, 0) is 52.0 Å². The van der Waals surface area contributed by atoms with Crippen LogP contribution in [0.1, 0.15) is 38.1 Å². The lowest BCUT2D eigenvalue weighted by Gasteiger charge is -2.38. The fraction of sp³-hybridized carbons (Fsp3) is 0.611. The van der Waals surface area contributed by atoms with Crippen molar-refractivity contribution >= 4 is 11.6 Å². The third kappa shape index (κ3) is 4.69. The molecule has 1 aliphatic heterocycles. The topological polar surface area (TPSA) is 55.8 Å². The minimum absolute atomic E-state index is 0.0864. The quantitative estimate of drug-likeness (QED) is 0.868. The molecule has 1 aromatic rings. The van der Waals surface area contributed by atoms with Gasteiger partial charge in [0.2, 0.25) is 0 Å². The van der Waals surface area contributed by atoms with Crippen molar-refractivity contribution in [3.05, 3.63) is 29.8 Å². The van der Waals surface area contributed by atoms with E-state index in [0.29, 0.717) is 11.6 Å². The number of anilines is 1. The van der Waals surface area contributed by atoms with Crippen LogP contribution in [0.2, 0.25) is 0 Å². The molecular weight excluding hydrogens is 290 g/mol. The number of nitrogens with one attached hydrogen (secondary N) is 1. The number of aliphatic hydroxyl groups excluding tert-OH is 1. The molecule has 0 spiro atoms. The molecule has 0 bridgehead atoms. The molecule has 0 aromatic heterocycles. The third-order valence-corrected chi connectivity index (χ3v) is 4.39. The summed E-state index contributed by atoms with van der Waals surface area (Å²) in [6, 6.07) is 8.32. The molecule has 2 rings (SSSR count). The number of hydrogen-bond acceptors (Lipinski definition) is 4. The van der Waals surface area contributed by atoms with E-state index in [1.165, 1.54) is 0 Å². The Bertz CT molecular complexity index is 518. The van der Waals surface area contributed by atoms with Gasteiger partial charge in [-0.3, -0.25) is 9.69 Å². The van der Waals surface area contributed by atoms with Gasteiger partial charge in [-0.25, -0.2) is 0 Å². The summed E-state index contributed by atoms with van der Waals surface area (Å²) in [7, 11) is 0. The van der Waals surface area contributed by atoms with E-state index in [2.05, 4.69) is 29.0 Å². The lowest BCUT2D eigenvalue weighted by Crippen LogP contribution is -2.49. The van der Waals surface area contributed by atoms with E-state index >= 15 is 0 Å². The van der Waals surface area contributed by atoms with E-state index in [1.807, 2.05) is 24.3 Å². The molecule has 1 aromatic carbocycles. The average Bonchev–Trinajstić information content (AvgIpc) is 2.54. The normalized spacial score (nSPS) is 16.7. The number of nitrogens with zero attached hydrogens (tertiary/aromatic N) is 2. The van der Waals surface area contributed by atoms with Gasteiger partial charge in [0.1, 0.15) is 0 Å². The molecule has 0 radical (unpaired) electrons. The minimum Gasteiger partial charge on any atom is -0.394 e. The second-order valence-electron chi connectivity index (χ2n) is 7.16. The van der Waals surface area contributed by atoms with Gasteiger partial charge < -0.3 is 15.3 Å². The molecule has 1 aliphatic rings. The van der Waals surface area contributed by atoms with Crippen LogP contribution in [0.15, 0.2) is 24.3 Å². The highest BCUT2D eigenvalue weighted by atomic mass is 16.3. The number of benzene rings is 1. The monoisotopic (exact) mass is 319 g/mol. The molecule has 5 nitrogen and oxygen atoms in total. The number of rotatable bonds is 5. The summed E-state index contributed by atoms with van der Waals surface area (Å²) in [6.45, 7) is 12.2. The van der Waals surface area contributed by atoms with Gasteiger partial charge in [0, 0.05) is 43.5 Å². The number of hydrogen-bond donors (Lipinski definition) is 2. The molecule has 0 atom stereocenters. The van der Waals surface area contributed by atoms with Crippen LogP contribution in [-0.4, -0.2) is 60.3 Å². The predicted molar refractivity (Wildman–Crippen MR) is 94.0 cm³/mol. The number of amides is 1. The molecular formula is C18H29N3O2. The number of carbonyl (C=O) groups is 1. The third-order valence-electron chi connectivity index (χ3n) is 4.39. The van der Waals surface area contributed by atoms with Gasteiger partial charge in [0.15, 0.2) is 0 Å². The Kier molecular flexibility index (Phi) is 5.65. The fourth-order valence-corrected chi connectivity index (χ4v) is 2.74. The van der Waals surface area contributed by atoms with Gasteiger partial charge in [-0.15, -0.1) is 0 Å². The molecule has 1 heterocycles. The standard InChI is InChI=1S/C18H29N3O2/c1-14(2)20-9-11-21(12-10-20)16-7-5-15(6-8-16)17(23)19-18(3,4)13-22/h5-8,14,22H,9-13H2,1-4H3,(H,19,23). The number of piperazine rings is 1. The van der Waals surface area contributed by atoms with Crippen LogP contribution in [0, 0.1) is 0 Å². The van der Waals surface area contributed by atoms with Crippen LogP contribution in [-0.2, 0) is 0 Å².